The van der Waals surface area contributed by atoms with E-state index >= 15 is 0 Å². The lowest BCUT2D eigenvalue weighted by Gasteiger charge is -2.08. The number of hydrogen-bond donors (Lipinski definition) is 0. The van der Waals surface area contributed by atoms with Gasteiger partial charge in [-0.1, -0.05) is 22.9 Å². The van der Waals surface area contributed by atoms with Gasteiger partial charge in [-0.3, -0.25) is 0 Å². The van der Waals surface area contributed by atoms with Crippen molar-refractivity contribution in [1.82, 2.24) is 14.8 Å². The molecule has 0 fully saturated rings. The maximum absolute atomic E-state index is 11.7. The number of hydrogen-bond acceptors (Lipinski definition) is 4. The molecule has 0 bridgehead atoms. The molecule has 0 aliphatic heterocycles. The van der Waals surface area contributed by atoms with Gasteiger partial charge in [-0.15, -0.1) is 0 Å². The van der Waals surface area contributed by atoms with Crippen LogP contribution in [-0.4, -0.2) is 27.8 Å². The highest BCUT2D eigenvalue weighted by Gasteiger charge is 2.13. The van der Waals surface area contributed by atoms with Gasteiger partial charge in [0.25, 0.3) is 0 Å². The number of methoxy groups -OCH3 is 1. The lowest BCUT2D eigenvalue weighted by molar-refractivity contribution is 0.0599. The van der Waals surface area contributed by atoms with E-state index in [0.717, 1.165) is 22.3 Å². The fraction of sp³-hybridized carbons (Fsp3) is 0.308. The van der Waals surface area contributed by atoms with E-state index in [4.69, 9.17) is 4.74 Å². The minimum Gasteiger partial charge on any atom is -0.465 e. The number of aryl methyl sites for hydroxylation is 1. The molecule has 5 nitrogen and oxygen atoms in total. The van der Waals surface area contributed by atoms with E-state index < -0.39 is 0 Å². The molecule has 0 aliphatic carbocycles. The molecule has 0 aliphatic rings. The van der Waals surface area contributed by atoms with Gasteiger partial charge < -0.3 is 4.74 Å². The molecule has 0 saturated carbocycles. The first-order chi connectivity index (χ1) is 9.13. The molecule has 1 heterocycles. The van der Waals surface area contributed by atoms with Crippen molar-refractivity contribution in [2.75, 3.05) is 7.11 Å². The van der Waals surface area contributed by atoms with E-state index in [-0.39, 0.29) is 5.97 Å². The SMILES string of the molecule is CCc1ncn(Cc2cc(Br)ccc2C(=O)OC)n1. The highest BCUT2D eigenvalue weighted by atomic mass is 79.9. The Kier molecular flexibility index (Phi) is 4.31. The summed E-state index contributed by atoms with van der Waals surface area (Å²) in [5.41, 5.74) is 1.38. The fourth-order valence-electron chi connectivity index (χ4n) is 1.75. The van der Waals surface area contributed by atoms with Gasteiger partial charge in [0, 0.05) is 10.9 Å². The first-order valence-electron chi connectivity index (χ1n) is 5.89. The molecule has 2 rings (SSSR count). The molecule has 0 unspecified atom stereocenters. The fourth-order valence-corrected chi connectivity index (χ4v) is 2.16. The number of carbonyl (C=O) groups is 1. The normalized spacial score (nSPS) is 10.5. The third-order valence-corrected chi connectivity index (χ3v) is 3.20. The first-order valence-corrected chi connectivity index (χ1v) is 6.68. The summed E-state index contributed by atoms with van der Waals surface area (Å²) in [6.45, 7) is 2.48. The van der Waals surface area contributed by atoms with Crippen molar-refractivity contribution < 1.29 is 9.53 Å². The summed E-state index contributed by atoms with van der Waals surface area (Å²) in [6.07, 6.45) is 2.45. The maximum Gasteiger partial charge on any atom is 0.338 e. The van der Waals surface area contributed by atoms with E-state index in [2.05, 4.69) is 26.0 Å². The molecule has 2 aromatic rings. The Morgan fingerprint density at radius 2 is 2.26 bits per heavy atom. The second kappa shape index (κ2) is 5.97. The van der Waals surface area contributed by atoms with Crippen molar-refractivity contribution >= 4 is 21.9 Å². The average Bonchev–Trinajstić information content (AvgIpc) is 2.86. The smallest absolute Gasteiger partial charge is 0.338 e. The van der Waals surface area contributed by atoms with Gasteiger partial charge in [-0.2, -0.15) is 5.10 Å². The molecule has 1 aromatic carbocycles. The van der Waals surface area contributed by atoms with Crippen molar-refractivity contribution in [3.63, 3.8) is 0 Å². The van der Waals surface area contributed by atoms with Gasteiger partial charge in [0.05, 0.1) is 19.2 Å². The van der Waals surface area contributed by atoms with E-state index in [1.807, 2.05) is 19.1 Å². The van der Waals surface area contributed by atoms with E-state index in [1.165, 1.54) is 7.11 Å². The van der Waals surface area contributed by atoms with Crippen LogP contribution in [0.3, 0.4) is 0 Å². The van der Waals surface area contributed by atoms with Crippen LogP contribution in [-0.2, 0) is 17.7 Å². The Bertz CT molecular complexity index is 595. The number of esters is 1. The third kappa shape index (κ3) is 3.20. The standard InChI is InChI=1S/C13H14BrN3O2/c1-3-12-15-8-17(16-12)7-9-6-10(14)4-5-11(9)13(18)19-2/h4-6,8H,3,7H2,1-2H3. The quantitative estimate of drug-likeness (QED) is 0.811. The molecule has 0 radical (unpaired) electrons. The van der Waals surface area contributed by atoms with Crippen LogP contribution in [0.15, 0.2) is 29.0 Å². The van der Waals surface area contributed by atoms with Crippen LogP contribution in [0, 0.1) is 0 Å². The molecule has 0 saturated heterocycles. The minimum atomic E-state index is -0.349. The van der Waals surface area contributed by atoms with Crippen molar-refractivity contribution in [3.8, 4) is 0 Å². The summed E-state index contributed by atoms with van der Waals surface area (Å²) >= 11 is 3.40. The number of nitrogens with zero attached hydrogens (tertiary/aromatic N) is 3. The largest absolute Gasteiger partial charge is 0.465 e. The summed E-state index contributed by atoms with van der Waals surface area (Å²) in [4.78, 5) is 15.9. The van der Waals surface area contributed by atoms with Crippen LogP contribution >= 0.6 is 15.9 Å². The summed E-state index contributed by atoms with van der Waals surface area (Å²) in [7, 11) is 1.37. The highest BCUT2D eigenvalue weighted by molar-refractivity contribution is 9.10. The maximum atomic E-state index is 11.7. The number of benzene rings is 1. The van der Waals surface area contributed by atoms with Crippen LogP contribution in [0.5, 0.6) is 0 Å². The number of carbonyl (C=O) groups excluding carboxylic acids is 1. The Hall–Kier alpha value is -1.69. The minimum absolute atomic E-state index is 0.349. The van der Waals surface area contributed by atoms with E-state index in [9.17, 15) is 4.79 Å². The Labute approximate surface area is 119 Å². The summed E-state index contributed by atoms with van der Waals surface area (Å²) in [5.74, 6) is 0.438. The molecular formula is C13H14BrN3O2. The van der Waals surface area contributed by atoms with Crippen LogP contribution in [0.25, 0.3) is 0 Å². The molecule has 0 spiro atoms. The van der Waals surface area contributed by atoms with Gasteiger partial charge in [-0.05, 0) is 23.8 Å². The average molecular weight is 324 g/mol. The van der Waals surface area contributed by atoms with Gasteiger partial charge >= 0.3 is 5.97 Å². The van der Waals surface area contributed by atoms with E-state index in [0.29, 0.717) is 12.1 Å². The summed E-state index contributed by atoms with van der Waals surface area (Å²) in [6, 6.07) is 5.44. The zero-order valence-electron chi connectivity index (χ0n) is 10.8. The predicted molar refractivity (Wildman–Crippen MR) is 74.0 cm³/mol. The Balaban J connectivity index is 2.32. The molecule has 0 N–H and O–H groups in total. The second-order valence-corrected chi connectivity index (χ2v) is 4.92. The molecule has 0 amide bonds. The summed E-state index contributed by atoms with van der Waals surface area (Å²) in [5, 5.41) is 4.32. The van der Waals surface area contributed by atoms with Crippen molar-refractivity contribution in [3.05, 3.63) is 46.0 Å². The van der Waals surface area contributed by atoms with Crippen LogP contribution in [0.2, 0.25) is 0 Å². The van der Waals surface area contributed by atoms with Crippen LogP contribution in [0.4, 0.5) is 0 Å². The molecular weight excluding hydrogens is 310 g/mol. The lowest BCUT2D eigenvalue weighted by atomic mass is 10.1. The molecule has 0 atom stereocenters. The highest BCUT2D eigenvalue weighted by Crippen LogP contribution is 2.18. The van der Waals surface area contributed by atoms with Crippen molar-refractivity contribution in [2.45, 2.75) is 19.9 Å². The monoisotopic (exact) mass is 323 g/mol. The topological polar surface area (TPSA) is 57.0 Å². The van der Waals surface area contributed by atoms with Gasteiger partial charge in [0.2, 0.25) is 0 Å². The Morgan fingerprint density at radius 3 is 2.89 bits per heavy atom. The van der Waals surface area contributed by atoms with Gasteiger partial charge in [0.1, 0.15) is 12.2 Å². The zero-order chi connectivity index (χ0) is 13.8. The van der Waals surface area contributed by atoms with Crippen molar-refractivity contribution in [2.24, 2.45) is 0 Å². The van der Waals surface area contributed by atoms with Gasteiger partial charge in [-0.25, -0.2) is 14.5 Å². The first kappa shape index (κ1) is 13.7. The lowest BCUT2D eigenvalue weighted by Crippen LogP contribution is -2.09. The van der Waals surface area contributed by atoms with Crippen molar-refractivity contribution in [1.29, 1.82) is 0 Å². The predicted octanol–water partition coefficient (Wildman–Crippen LogP) is 2.44. The van der Waals surface area contributed by atoms with Gasteiger partial charge in [0.15, 0.2) is 0 Å². The Morgan fingerprint density at radius 1 is 1.47 bits per heavy atom. The second-order valence-electron chi connectivity index (χ2n) is 4.00. The summed E-state index contributed by atoms with van der Waals surface area (Å²) < 4.78 is 7.40. The molecule has 1 aromatic heterocycles. The number of halogens is 1. The number of ether oxygens (including phenoxy) is 1. The zero-order valence-corrected chi connectivity index (χ0v) is 12.3. The third-order valence-electron chi connectivity index (χ3n) is 2.71. The van der Waals surface area contributed by atoms with Crippen LogP contribution < -0.4 is 0 Å². The molecule has 19 heavy (non-hydrogen) atoms. The number of rotatable bonds is 4. The van der Waals surface area contributed by atoms with E-state index in [1.54, 1.807) is 17.1 Å². The molecule has 100 valence electrons. The number of aromatic nitrogens is 3. The molecule has 6 heteroatoms. The van der Waals surface area contributed by atoms with Crippen LogP contribution in [0.1, 0.15) is 28.7 Å².